The number of hydrogen-bond donors (Lipinski definition) is 1. The topological polar surface area (TPSA) is 81.2 Å². The summed E-state index contributed by atoms with van der Waals surface area (Å²) in [5, 5.41) is 12.0. The minimum absolute atomic E-state index is 0.0143. The maximum atomic E-state index is 12.1. The van der Waals surface area contributed by atoms with Crippen LogP contribution in [0.15, 0.2) is 24.3 Å². The lowest BCUT2D eigenvalue weighted by Gasteiger charge is -2.13. The molecule has 0 saturated heterocycles. The van der Waals surface area contributed by atoms with Crippen LogP contribution in [0.25, 0.3) is 0 Å². The number of nitrogens with zero attached hydrogens (tertiary/aromatic N) is 2. The number of amides is 1. The summed E-state index contributed by atoms with van der Waals surface area (Å²) in [6.45, 7) is 7.18. The Kier molecular flexibility index (Phi) is 5.44. The average Bonchev–Trinajstić information content (AvgIpc) is 2.96. The van der Waals surface area contributed by atoms with Gasteiger partial charge in [0.2, 0.25) is 5.13 Å². The maximum Gasteiger partial charge on any atom is 0.266 e. The number of benzene rings is 1. The third-order valence-corrected chi connectivity index (χ3v) is 4.25. The molecule has 2 aromatic rings. The molecule has 0 radical (unpaired) electrons. The fraction of sp³-hybridized carbons (Fsp3) is 0.375. The largest absolute Gasteiger partial charge is 0.481 e. The highest BCUT2D eigenvalue weighted by Gasteiger charge is 2.17. The Hall–Kier alpha value is -2.28. The van der Waals surface area contributed by atoms with Gasteiger partial charge in [0.05, 0.1) is 0 Å². The van der Waals surface area contributed by atoms with Gasteiger partial charge in [-0.2, -0.15) is 0 Å². The number of rotatable bonds is 6. The van der Waals surface area contributed by atoms with Crippen molar-refractivity contribution >= 4 is 28.2 Å². The van der Waals surface area contributed by atoms with E-state index in [1.54, 1.807) is 31.2 Å². The fourth-order valence-corrected chi connectivity index (χ4v) is 2.50. The molecular weight excluding hydrogens is 314 g/mol. The van der Waals surface area contributed by atoms with Gasteiger partial charge in [-0.05, 0) is 38.1 Å². The standard InChI is InChI=1S/C16H19N3O3S/c1-9(2)15-18-19-16(23-15)17-14(21)11(4)22-13-7-5-12(6-8-13)10(3)20/h5-9,11H,1-4H3,(H,17,19,21)/t11-/m0/s1. The Balaban J connectivity index is 1.95. The Bertz CT molecular complexity index is 695. The number of anilines is 1. The van der Waals surface area contributed by atoms with Crippen molar-refractivity contribution in [2.24, 2.45) is 0 Å². The highest BCUT2D eigenvalue weighted by Crippen LogP contribution is 2.22. The molecule has 7 heteroatoms. The van der Waals surface area contributed by atoms with Crippen LogP contribution in [0.2, 0.25) is 0 Å². The lowest BCUT2D eigenvalue weighted by molar-refractivity contribution is -0.122. The van der Waals surface area contributed by atoms with Crippen LogP contribution >= 0.6 is 11.3 Å². The Morgan fingerprint density at radius 2 is 1.78 bits per heavy atom. The molecule has 0 aliphatic heterocycles. The lowest BCUT2D eigenvalue weighted by atomic mass is 10.1. The molecule has 1 atom stereocenters. The number of nitrogens with one attached hydrogen (secondary N) is 1. The Morgan fingerprint density at radius 3 is 2.30 bits per heavy atom. The van der Waals surface area contributed by atoms with Gasteiger partial charge in [0.1, 0.15) is 10.8 Å². The normalized spacial score (nSPS) is 12.0. The predicted octanol–water partition coefficient (Wildman–Crippen LogP) is 3.27. The van der Waals surface area contributed by atoms with Gasteiger partial charge in [0.25, 0.3) is 5.91 Å². The Morgan fingerprint density at radius 1 is 1.13 bits per heavy atom. The summed E-state index contributed by atoms with van der Waals surface area (Å²) in [6, 6.07) is 6.68. The molecule has 1 amide bonds. The quantitative estimate of drug-likeness (QED) is 0.821. The van der Waals surface area contributed by atoms with Gasteiger partial charge in [0.15, 0.2) is 11.9 Å². The van der Waals surface area contributed by atoms with Crippen LogP contribution in [0.3, 0.4) is 0 Å². The molecule has 0 aliphatic carbocycles. The van der Waals surface area contributed by atoms with Crippen LogP contribution in [-0.4, -0.2) is 28.0 Å². The van der Waals surface area contributed by atoms with Gasteiger partial charge in [0, 0.05) is 11.5 Å². The van der Waals surface area contributed by atoms with Crippen LogP contribution in [-0.2, 0) is 4.79 Å². The summed E-state index contributed by atoms with van der Waals surface area (Å²) in [6.07, 6.45) is -0.690. The van der Waals surface area contributed by atoms with E-state index in [1.165, 1.54) is 18.3 Å². The van der Waals surface area contributed by atoms with Crippen molar-refractivity contribution in [2.45, 2.75) is 39.7 Å². The maximum absolute atomic E-state index is 12.1. The highest BCUT2D eigenvalue weighted by molar-refractivity contribution is 7.15. The molecule has 0 saturated carbocycles. The van der Waals surface area contributed by atoms with Crippen molar-refractivity contribution in [3.05, 3.63) is 34.8 Å². The summed E-state index contributed by atoms with van der Waals surface area (Å²) in [5.41, 5.74) is 0.601. The molecule has 2 rings (SSSR count). The average molecular weight is 333 g/mol. The predicted molar refractivity (Wildman–Crippen MR) is 89.2 cm³/mol. The van der Waals surface area contributed by atoms with E-state index in [0.29, 0.717) is 16.4 Å². The van der Waals surface area contributed by atoms with Gasteiger partial charge < -0.3 is 4.74 Å². The van der Waals surface area contributed by atoms with E-state index in [0.717, 1.165) is 5.01 Å². The molecule has 0 aliphatic rings. The van der Waals surface area contributed by atoms with Crippen LogP contribution < -0.4 is 10.1 Å². The molecule has 122 valence electrons. The van der Waals surface area contributed by atoms with E-state index in [-0.39, 0.29) is 17.6 Å². The molecular formula is C16H19N3O3S. The van der Waals surface area contributed by atoms with Crippen LogP contribution in [0.5, 0.6) is 5.75 Å². The van der Waals surface area contributed by atoms with E-state index < -0.39 is 6.10 Å². The third kappa shape index (κ3) is 4.59. The summed E-state index contributed by atoms with van der Waals surface area (Å²) in [7, 11) is 0. The van der Waals surface area contributed by atoms with E-state index in [4.69, 9.17) is 4.74 Å². The zero-order valence-corrected chi connectivity index (χ0v) is 14.3. The number of hydrogen-bond acceptors (Lipinski definition) is 6. The third-order valence-electron chi connectivity index (χ3n) is 3.11. The SMILES string of the molecule is CC(=O)c1ccc(O[C@@H](C)C(=O)Nc2nnc(C(C)C)s2)cc1. The van der Waals surface area contributed by atoms with E-state index in [2.05, 4.69) is 15.5 Å². The zero-order chi connectivity index (χ0) is 17.0. The van der Waals surface area contributed by atoms with Gasteiger partial charge in [-0.25, -0.2) is 0 Å². The van der Waals surface area contributed by atoms with E-state index in [9.17, 15) is 9.59 Å². The number of ketones is 1. The van der Waals surface area contributed by atoms with Crippen molar-refractivity contribution in [2.75, 3.05) is 5.32 Å². The molecule has 0 bridgehead atoms. The summed E-state index contributed by atoms with van der Waals surface area (Å²) in [4.78, 5) is 23.3. The second kappa shape index (κ2) is 7.32. The smallest absolute Gasteiger partial charge is 0.266 e. The van der Waals surface area contributed by atoms with Crippen molar-refractivity contribution in [1.82, 2.24) is 10.2 Å². The highest BCUT2D eigenvalue weighted by atomic mass is 32.1. The number of aromatic nitrogens is 2. The minimum Gasteiger partial charge on any atom is -0.481 e. The van der Waals surface area contributed by atoms with E-state index in [1.807, 2.05) is 13.8 Å². The number of Topliss-reactive ketones (excluding diaryl/α,β-unsaturated/α-hetero) is 1. The van der Waals surface area contributed by atoms with Crippen LogP contribution in [0, 0.1) is 0 Å². The molecule has 1 aromatic carbocycles. The van der Waals surface area contributed by atoms with E-state index >= 15 is 0 Å². The van der Waals surface area contributed by atoms with Crippen molar-refractivity contribution in [3.63, 3.8) is 0 Å². The Labute approximate surface area is 138 Å². The first-order chi connectivity index (χ1) is 10.9. The number of ether oxygens (including phenoxy) is 1. The summed E-state index contributed by atoms with van der Waals surface area (Å²) >= 11 is 1.35. The number of carbonyl (C=O) groups excluding carboxylic acids is 2. The molecule has 0 spiro atoms. The summed E-state index contributed by atoms with van der Waals surface area (Å²) < 4.78 is 5.57. The van der Waals surface area contributed by atoms with Crippen LogP contribution in [0.4, 0.5) is 5.13 Å². The molecule has 1 heterocycles. The van der Waals surface area contributed by atoms with Crippen molar-refractivity contribution in [1.29, 1.82) is 0 Å². The molecule has 0 unspecified atom stereocenters. The number of carbonyl (C=O) groups is 2. The van der Waals surface area contributed by atoms with Crippen molar-refractivity contribution < 1.29 is 14.3 Å². The van der Waals surface area contributed by atoms with Crippen molar-refractivity contribution in [3.8, 4) is 5.75 Å². The molecule has 0 fully saturated rings. The molecule has 1 aromatic heterocycles. The second-order valence-corrected chi connectivity index (χ2v) is 6.44. The van der Waals surface area contributed by atoms with Gasteiger partial charge in [-0.3, -0.25) is 14.9 Å². The zero-order valence-electron chi connectivity index (χ0n) is 13.5. The second-order valence-electron chi connectivity index (χ2n) is 5.43. The molecule has 23 heavy (non-hydrogen) atoms. The first-order valence-corrected chi connectivity index (χ1v) is 8.10. The fourth-order valence-electron chi connectivity index (χ4n) is 1.75. The minimum atomic E-state index is -0.690. The monoisotopic (exact) mass is 333 g/mol. The van der Waals surface area contributed by atoms with Gasteiger partial charge in [-0.1, -0.05) is 25.2 Å². The van der Waals surface area contributed by atoms with Gasteiger partial charge in [-0.15, -0.1) is 10.2 Å². The van der Waals surface area contributed by atoms with Gasteiger partial charge >= 0.3 is 0 Å². The summed E-state index contributed by atoms with van der Waals surface area (Å²) in [5.74, 6) is 0.482. The molecule has 1 N–H and O–H groups in total. The van der Waals surface area contributed by atoms with Crippen LogP contribution in [0.1, 0.15) is 49.0 Å². The molecule has 6 nitrogen and oxygen atoms in total. The first-order valence-electron chi connectivity index (χ1n) is 7.28. The lowest BCUT2D eigenvalue weighted by Crippen LogP contribution is -2.30. The first kappa shape index (κ1) is 17.1.